The summed E-state index contributed by atoms with van der Waals surface area (Å²) in [5.41, 5.74) is 3.57. The summed E-state index contributed by atoms with van der Waals surface area (Å²) in [5.74, 6) is 0.0513. The Morgan fingerprint density at radius 1 is 1.15 bits per heavy atom. The predicted octanol–water partition coefficient (Wildman–Crippen LogP) is 2.96. The van der Waals surface area contributed by atoms with Crippen molar-refractivity contribution in [2.24, 2.45) is 0 Å². The molecule has 1 amide bonds. The maximum Gasteiger partial charge on any atom is 0.251 e. The van der Waals surface area contributed by atoms with Gasteiger partial charge in [-0.05, 0) is 61.0 Å². The lowest BCUT2D eigenvalue weighted by Gasteiger charge is -2.37. The zero-order chi connectivity index (χ0) is 17.9. The number of nitrogens with one attached hydrogen (secondary N) is 1. The molecule has 2 aliphatic rings. The van der Waals surface area contributed by atoms with Gasteiger partial charge in [-0.3, -0.25) is 9.69 Å². The number of aryl methyl sites for hydroxylation is 2. The van der Waals surface area contributed by atoms with Crippen molar-refractivity contribution < 1.29 is 4.79 Å². The second kappa shape index (κ2) is 7.91. The van der Waals surface area contributed by atoms with E-state index in [1.807, 2.05) is 6.07 Å². The van der Waals surface area contributed by atoms with Gasteiger partial charge in [-0.25, -0.2) is 0 Å². The van der Waals surface area contributed by atoms with Gasteiger partial charge in [-0.2, -0.15) is 0 Å². The molecule has 1 saturated heterocycles. The maximum atomic E-state index is 12.7. The van der Waals surface area contributed by atoms with Crippen molar-refractivity contribution in [3.63, 3.8) is 0 Å². The van der Waals surface area contributed by atoms with Crippen molar-refractivity contribution in [1.82, 2.24) is 15.1 Å². The highest BCUT2D eigenvalue weighted by molar-refractivity contribution is 7.10. The summed E-state index contributed by atoms with van der Waals surface area (Å²) in [6.07, 6.45) is 3.47. The van der Waals surface area contributed by atoms with Gasteiger partial charge in [0.15, 0.2) is 0 Å². The highest BCUT2D eigenvalue weighted by atomic mass is 32.1. The Balaban J connectivity index is 1.43. The minimum Gasteiger partial charge on any atom is -0.350 e. The highest BCUT2D eigenvalue weighted by Gasteiger charge is 2.25. The van der Waals surface area contributed by atoms with E-state index < -0.39 is 0 Å². The van der Waals surface area contributed by atoms with E-state index in [1.54, 1.807) is 11.3 Å². The first-order valence-electron chi connectivity index (χ1n) is 9.57. The van der Waals surface area contributed by atoms with Gasteiger partial charge in [0.25, 0.3) is 5.91 Å². The normalized spacial score (nSPS) is 19.3. The Morgan fingerprint density at radius 3 is 2.73 bits per heavy atom. The molecule has 0 unspecified atom stereocenters. The van der Waals surface area contributed by atoms with Crippen LogP contribution in [0.15, 0.2) is 35.7 Å². The van der Waals surface area contributed by atoms with Gasteiger partial charge in [0, 0.05) is 43.2 Å². The summed E-state index contributed by atoms with van der Waals surface area (Å²) in [5, 5.41) is 5.33. The number of likely N-dealkylation sites (N-methyl/N-ethyl adjacent to an activating group) is 1. The van der Waals surface area contributed by atoms with E-state index in [-0.39, 0.29) is 11.9 Å². The Labute approximate surface area is 159 Å². The van der Waals surface area contributed by atoms with Crippen molar-refractivity contribution >= 4 is 17.2 Å². The second-order valence-electron chi connectivity index (χ2n) is 7.42. The summed E-state index contributed by atoms with van der Waals surface area (Å²) in [6.45, 7) is 4.93. The molecule has 4 nitrogen and oxygen atoms in total. The second-order valence-corrected chi connectivity index (χ2v) is 8.40. The van der Waals surface area contributed by atoms with E-state index in [0.29, 0.717) is 6.54 Å². The van der Waals surface area contributed by atoms with Crippen molar-refractivity contribution in [3.8, 4) is 0 Å². The molecule has 1 atom stereocenters. The van der Waals surface area contributed by atoms with E-state index in [2.05, 4.69) is 51.8 Å². The van der Waals surface area contributed by atoms with Crippen LogP contribution in [0.4, 0.5) is 0 Å². The quantitative estimate of drug-likeness (QED) is 0.880. The lowest BCUT2D eigenvalue weighted by molar-refractivity contribution is 0.0890. The molecule has 0 radical (unpaired) electrons. The molecule has 0 saturated carbocycles. The molecule has 2 aromatic rings. The van der Waals surface area contributed by atoms with Crippen molar-refractivity contribution in [2.45, 2.75) is 25.3 Å². The monoisotopic (exact) mass is 369 g/mol. The van der Waals surface area contributed by atoms with Crippen LogP contribution in [0.1, 0.15) is 38.8 Å². The van der Waals surface area contributed by atoms with Crippen molar-refractivity contribution in [3.05, 3.63) is 57.3 Å². The summed E-state index contributed by atoms with van der Waals surface area (Å²) in [6, 6.07) is 10.8. The number of thiophene rings is 1. The van der Waals surface area contributed by atoms with Crippen LogP contribution in [0, 0.1) is 0 Å². The molecule has 1 aliphatic carbocycles. The number of carbonyl (C=O) groups is 1. The molecule has 1 fully saturated rings. The zero-order valence-corrected chi connectivity index (χ0v) is 16.2. The molecule has 26 heavy (non-hydrogen) atoms. The molecule has 1 N–H and O–H groups in total. The van der Waals surface area contributed by atoms with Gasteiger partial charge in [0.05, 0.1) is 6.04 Å². The molecule has 1 aromatic heterocycles. The first kappa shape index (κ1) is 17.7. The average Bonchev–Trinajstić information content (AvgIpc) is 3.34. The van der Waals surface area contributed by atoms with Gasteiger partial charge >= 0.3 is 0 Å². The van der Waals surface area contributed by atoms with Gasteiger partial charge < -0.3 is 10.2 Å². The summed E-state index contributed by atoms with van der Waals surface area (Å²) >= 11 is 1.78. The van der Waals surface area contributed by atoms with E-state index in [0.717, 1.165) is 44.6 Å². The molecular formula is C21H27N3OS. The minimum absolute atomic E-state index is 0.0513. The number of nitrogens with zero attached hydrogens (tertiary/aromatic N) is 2. The fourth-order valence-electron chi connectivity index (χ4n) is 4.03. The third-order valence-electron chi connectivity index (χ3n) is 5.67. The number of benzene rings is 1. The Hall–Kier alpha value is -1.69. The van der Waals surface area contributed by atoms with Gasteiger partial charge in [-0.1, -0.05) is 12.1 Å². The number of carbonyl (C=O) groups excluding carboxylic acids is 1. The van der Waals surface area contributed by atoms with Gasteiger partial charge in [-0.15, -0.1) is 11.3 Å². The van der Waals surface area contributed by atoms with Crippen LogP contribution >= 0.6 is 11.3 Å². The van der Waals surface area contributed by atoms with E-state index in [1.165, 1.54) is 22.4 Å². The smallest absolute Gasteiger partial charge is 0.251 e. The first-order valence-corrected chi connectivity index (χ1v) is 10.4. The molecule has 0 bridgehead atoms. The topological polar surface area (TPSA) is 35.6 Å². The minimum atomic E-state index is 0.0513. The summed E-state index contributed by atoms with van der Waals surface area (Å²) in [4.78, 5) is 18.9. The molecule has 1 aliphatic heterocycles. The average molecular weight is 370 g/mol. The lowest BCUT2D eigenvalue weighted by Crippen LogP contribution is -2.48. The molecule has 4 rings (SSSR count). The predicted molar refractivity (Wildman–Crippen MR) is 107 cm³/mol. The Morgan fingerprint density at radius 2 is 1.96 bits per heavy atom. The fraction of sp³-hybridized carbons (Fsp3) is 0.476. The molecule has 2 heterocycles. The number of rotatable bonds is 5. The van der Waals surface area contributed by atoms with Crippen molar-refractivity contribution in [2.75, 3.05) is 39.8 Å². The Kier molecular flexibility index (Phi) is 5.38. The summed E-state index contributed by atoms with van der Waals surface area (Å²) < 4.78 is 0. The molecular weight excluding hydrogens is 342 g/mol. The lowest BCUT2D eigenvalue weighted by atomic mass is 10.1. The van der Waals surface area contributed by atoms with Gasteiger partial charge in [0.2, 0.25) is 0 Å². The third kappa shape index (κ3) is 3.85. The van der Waals surface area contributed by atoms with Crippen LogP contribution in [-0.2, 0) is 12.8 Å². The van der Waals surface area contributed by atoms with E-state index in [4.69, 9.17) is 0 Å². The van der Waals surface area contributed by atoms with Crippen LogP contribution in [0.5, 0.6) is 0 Å². The standard InChI is InChI=1S/C21H27N3OS/c1-23-9-11-24(12-10-23)19(20-6-3-13-26-20)15-22-21(25)18-8-7-16-4-2-5-17(16)14-18/h3,6-8,13-14,19H,2,4-5,9-12,15H2,1H3,(H,22,25)/t19-/m0/s1. The number of hydrogen-bond acceptors (Lipinski definition) is 4. The van der Waals surface area contributed by atoms with Crippen LogP contribution in [0.2, 0.25) is 0 Å². The van der Waals surface area contributed by atoms with Gasteiger partial charge in [0.1, 0.15) is 0 Å². The van der Waals surface area contributed by atoms with Crippen molar-refractivity contribution in [1.29, 1.82) is 0 Å². The number of piperazine rings is 1. The van der Waals surface area contributed by atoms with Crippen LogP contribution in [0.3, 0.4) is 0 Å². The van der Waals surface area contributed by atoms with Crippen LogP contribution in [0.25, 0.3) is 0 Å². The SMILES string of the molecule is CN1CCN([C@@H](CNC(=O)c2ccc3c(c2)CCC3)c2cccs2)CC1. The zero-order valence-electron chi connectivity index (χ0n) is 15.4. The molecule has 138 valence electrons. The molecule has 5 heteroatoms. The third-order valence-corrected chi connectivity index (χ3v) is 6.64. The maximum absolute atomic E-state index is 12.7. The summed E-state index contributed by atoms with van der Waals surface area (Å²) in [7, 11) is 2.17. The number of fused-ring (bicyclic) bond motifs is 1. The largest absolute Gasteiger partial charge is 0.350 e. The van der Waals surface area contributed by atoms with Crippen LogP contribution in [-0.4, -0.2) is 55.5 Å². The first-order chi connectivity index (χ1) is 12.7. The van der Waals surface area contributed by atoms with Crippen LogP contribution < -0.4 is 5.32 Å². The molecule has 0 spiro atoms. The molecule has 1 aromatic carbocycles. The van der Waals surface area contributed by atoms with E-state index in [9.17, 15) is 4.79 Å². The fourth-order valence-corrected chi connectivity index (χ4v) is 4.89. The Bertz CT molecular complexity index is 751. The number of amides is 1. The van der Waals surface area contributed by atoms with E-state index >= 15 is 0 Å². The number of hydrogen-bond donors (Lipinski definition) is 1. The highest BCUT2D eigenvalue weighted by Crippen LogP contribution is 2.26.